The summed E-state index contributed by atoms with van der Waals surface area (Å²) in [5.41, 5.74) is 4.64. The molecular weight excluding hydrogens is 340 g/mol. The molecule has 0 saturated carbocycles. The summed E-state index contributed by atoms with van der Waals surface area (Å²) in [5, 5.41) is 5.66. The van der Waals surface area contributed by atoms with Gasteiger partial charge in [-0.05, 0) is 29.5 Å². The van der Waals surface area contributed by atoms with E-state index in [4.69, 9.17) is 4.42 Å². The van der Waals surface area contributed by atoms with Crippen LogP contribution < -0.4 is 5.32 Å². The van der Waals surface area contributed by atoms with Gasteiger partial charge in [0.2, 0.25) is 5.89 Å². The lowest BCUT2D eigenvalue weighted by Crippen LogP contribution is -2.22. The molecule has 0 aliphatic carbocycles. The highest BCUT2D eigenvalue weighted by Crippen LogP contribution is 2.25. The normalized spacial score (nSPS) is 12.2. The number of thiophene rings is 1. The summed E-state index contributed by atoms with van der Waals surface area (Å²) in [4.78, 5) is 5.66. The number of hydrogen-bond donors (Lipinski definition) is 1. The van der Waals surface area contributed by atoms with Gasteiger partial charge in [0, 0.05) is 6.54 Å². The van der Waals surface area contributed by atoms with Gasteiger partial charge >= 0.3 is 0 Å². The van der Waals surface area contributed by atoms with Crippen molar-refractivity contribution in [2.75, 3.05) is 0 Å². The summed E-state index contributed by atoms with van der Waals surface area (Å²) in [6.07, 6.45) is 1.74. The van der Waals surface area contributed by atoms with E-state index >= 15 is 0 Å². The Morgan fingerprint density at radius 2 is 1.73 bits per heavy atom. The Balaban J connectivity index is 1.54. The third kappa shape index (κ3) is 3.77. The zero-order valence-corrected chi connectivity index (χ0v) is 15.4. The fraction of sp³-hybridized carbons (Fsp3) is 0.136. The van der Waals surface area contributed by atoms with E-state index in [0.29, 0.717) is 12.4 Å². The number of benzene rings is 2. The van der Waals surface area contributed by atoms with Crippen LogP contribution in [0.25, 0.3) is 10.8 Å². The molecular formula is C22H20N2OS. The van der Waals surface area contributed by atoms with Crippen molar-refractivity contribution < 1.29 is 4.42 Å². The van der Waals surface area contributed by atoms with Gasteiger partial charge in [0.25, 0.3) is 0 Å². The first-order valence-electron chi connectivity index (χ1n) is 8.63. The minimum Gasteiger partial charge on any atom is -0.444 e. The molecule has 0 saturated heterocycles. The molecule has 0 radical (unpaired) electrons. The molecule has 130 valence electrons. The minimum absolute atomic E-state index is 0.110. The quantitative estimate of drug-likeness (QED) is 0.487. The summed E-state index contributed by atoms with van der Waals surface area (Å²) in [7, 11) is 0. The van der Waals surface area contributed by atoms with Crippen LogP contribution in [0.2, 0.25) is 0 Å². The largest absolute Gasteiger partial charge is 0.444 e. The molecule has 0 amide bonds. The first kappa shape index (κ1) is 16.8. The zero-order valence-electron chi connectivity index (χ0n) is 14.6. The van der Waals surface area contributed by atoms with Crippen LogP contribution in [0, 0.1) is 6.92 Å². The van der Waals surface area contributed by atoms with Crippen LogP contribution in [0.3, 0.4) is 0 Å². The predicted molar refractivity (Wildman–Crippen MR) is 106 cm³/mol. The molecule has 2 aromatic heterocycles. The molecule has 0 aliphatic heterocycles. The van der Waals surface area contributed by atoms with E-state index in [9.17, 15) is 0 Å². The van der Waals surface area contributed by atoms with Crippen molar-refractivity contribution in [1.82, 2.24) is 10.3 Å². The number of nitrogens with one attached hydrogen (secondary N) is 1. The van der Waals surface area contributed by atoms with E-state index in [1.165, 1.54) is 16.7 Å². The molecule has 2 aromatic carbocycles. The molecule has 1 atom stereocenters. The van der Waals surface area contributed by atoms with Gasteiger partial charge in [0.05, 0.1) is 16.6 Å². The summed E-state index contributed by atoms with van der Waals surface area (Å²) < 4.78 is 5.63. The van der Waals surface area contributed by atoms with Gasteiger partial charge in [-0.1, -0.05) is 66.2 Å². The van der Waals surface area contributed by atoms with Gasteiger partial charge in [0.1, 0.15) is 6.26 Å². The molecule has 26 heavy (non-hydrogen) atoms. The lowest BCUT2D eigenvalue weighted by molar-refractivity contribution is 0.565. The van der Waals surface area contributed by atoms with Crippen LogP contribution in [-0.4, -0.2) is 4.98 Å². The van der Waals surface area contributed by atoms with Crippen molar-refractivity contribution in [3.05, 3.63) is 101 Å². The monoisotopic (exact) mass is 360 g/mol. The van der Waals surface area contributed by atoms with Crippen LogP contribution in [-0.2, 0) is 6.54 Å². The standard InChI is InChI=1S/C22H20N2OS/c1-16-9-11-18(12-10-16)21(17-6-3-2-4-7-17)23-14-19-15-25-22(24-19)20-8-5-13-26-20/h2-13,15,21,23H,14H2,1H3. The Labute approximate surface area is 157 Å². The van der Waals surface area contributed by atoms with Crippen molar-refractivity contribution in [3.8, 4) is 10.8 Å². The maximum absolute atomic E-state index is 5.63. The Hall–Kier alpha value is -2.69. The summed E-state index contributed by atoms with van der Waals surface area (Å²) in [6, 6.07) is 23.3. The van der Waals surface area contributed by atoms with Gasteiger partial charge in [-0.25, -0.2) is 4.98 Å². The summed E-state index contributed by atoms with van der Waals surface area (Å²) in [6.45, 7) is 2.75. The molecule has 2 heterocycles. The predicted octanol–water partition coefficient (Wildman–Crippen LogP) is 5.59. The topological polar surface area (TPSA) is 38.1 Å². The summed E-state index contributed by atoms with van der Waals surface area (Å²) in [5.74, 6) is 0.684. The smallest absolute Gasteiger partial charge is 0.236 e. The van der Waals surface area contributed by atoms with Gasteiger partial charge in [0.15, 0.2) is 0 Å². The highest BCUT2D eigenvalue weighted by Gasteiger charge is 2.15. The van der Waals surface area contributed by atoms with Crippen molar-refractivity contribution in [2.45, 2.75) is 19.5 Å². The van der Waals surface area contributed by atoms with Crippen LogP contribution in [0.1, 0.15) is 28.4 Å². The highest BCUT2D eigenvalue weighted by atomic mass is 32.1. The number of hydrogen-bond acceptors (Lipinski definition) is 4. The fourth-order valence-corrected chi connectivity index (χ4v) is 3.60. The Morgan fingerprint density at radius 1 is 0.962 bits per heavy atom. The van der Waals surface area contributed by atoms with Crippen molar-refractivity contribution in [1.29, 1.82) is 0 Å². The van der Waals surface area contributed by atoms with Gasteiger partial charge in [-0.15, -0.1) is 11.3 Å². The number of nitrogens with zero attached hydrogens (tertiary/aromatic N) is 1. The minimum atomic E-state index is 0.110. The van der Waals surface area contributed by atoms with Crippen LogP contribution in [0.15, 0.2) is 82.8 Å². The lowest BCUT2D eigenvalue weighted by atomic mass is 9.98. The molecule has 4 heteroatoms. The van der Waals surface area contributed by atoms with E-state index < -0.39 is 0 Å². The third-order valence-corrected chi connectivity index (χ3v) is 5.17. The molecule has 4 aromatic rings. The molecule has 4 rings (SSSR count). The Kier molecular flexibility index (Phi) is 4.95. The highest BCUT2D eigenvalue weighted by molar-refractivity contribution is 7.13. The summed E-state index contributed by atoms with van der Waals surface area (Å²) >= 11 is 1.63. The maximum atomic E-state index is 5.63. The lowest BCUT2D eigenvalue weighted by Gasteiger charge is -2.19. The van der Waals surface area contributed by atoms with Crippen molar-refractivity contribution in [3.63, 3.8) is 0 Å². The van der Waals surface area contributed by atoms with Crippen LogP contribution >= 0.6 is 11.3 Å². The Bertz CT molecular complexity index is 944. The van der Waals surface area contributed by atoms with Gasteiger partial charge < -0.3 is 9.73 Å². The number of oxazole rings is 1. The van der Waals surface area contributed by atoms with Crippen LogP contribution in [0.4, 0.5) is 0 Å². The molecule has 0 aliphatic rings. The van der Waals surface area contributed by atoms with E-state index in [-0.39, 0.29) is 6.04 Å². The average molecular weight is 360 g/mol. The fourth-order valence-electron chi connectivity index (χ4n) is 2.94. The molecule has 1 N–H and O–H groups in total. The first-order chi connectivity index (χ1) is 12.8. The molecule has 0 bridgehead atoms. The van der Waals surface area contributed by atoms with Gasteiger partial charge in [-0.2, -0.15) is 0 Å². The Morgan fingerprint density at radius 3 is 2.46 bits per heavy atom. The molecule has 0 fully saturated rings. The number of aromatic nitrogens is 1. The second-order valence-corrected chi connectivity index (χ2v) is 7.20. The third-order valence-electron chi connectivity index (χ3n) is 4.31. The first-order valence-corrected chi connectivity index (χ1v) is 9.51. The molecule has 3 nitrogen and oxygen atoms in total. The van der Waals surface area contributed by atoms with Crippen LogP contribution in [0.5, 0.6) is 0 Å². The SMILES string of the molecule is Cc1ccc(C(NCc2coc(-c3cccs3)n2)c2ccccc2)cc1. The number of rotatable bonds is 6. The van der Waals surface area contributed by atoms with E-state index in [1.807, 2.05) is 23.6 Å². The van der Waals surface area contributed by atoms with E-state index in [1.54, 1.807) is 17.6 Å². The van der Waals surface area contributed by atoms with E-state index in [0.717, 1.165) is 10.6 Å². The zero-order chi connectivity index (χ0) is 17.8. The second-order valence-electron chi connectivity index (χ2n) is 6.26. The maximum Gasteiger partial charge on any atom is 0.236 e. The van der Waals surface area contributed by atoms with Crippen molar-refractivity contribution >= 4 is 11.3 Å². The second kappa shape index (κ2) is 7.68. The number of aryl methyl sites for hydroxylation is 1. The molecule has 0 spiro atoms. The van der Waals surface area contributed by atoms with Gasteiger partial charge in [-0.3, -0.25) is 0 Å². The molecule has 1 unspecified atom stereocenters. The average Bonchev–Trinajstić information content (AvgIpc) is 3.36. The van der Waals surface area contributed by atoms with Crippen molar-refractivity contribution in [2.24, 2.45) is 0 Å². The van der Waals surface area contributed by atoms with E-state index in [2.05, 4.69) is 65.8 Å².